The molecule has 0 bridgehead atoms. The van der Waals surface area contributed by atoms with Crippen LogP contribution in [0.2, 0.25) is 0 Å². The number of cyclic esters (lactones) is 1. The van der Waals surface area contributed by atoms with Gasteiger partial charge in [-0.2, -0.15) is 0 Å². The first-order valence-electron chi connectivity index (χ1n) is 3.34. The number of ether oxygens (including phenoxy) is 3. The molecule has 3 aliphatic rings. The van der Waals surface area contributed by atoms with Gasteiger partial charge < -0.3 is 14.2 Å². The Morgan fingerprint density at radius 2 is 2.20 bits per heavy atom. The molecular weight excluding hydrogens is 136 g/mol. The van der Waals surface area contributed by atoms with Gasteiger partial charge in [0.15, 0.2) is 6.10 Å². The molecule has 4 atom stereocenters. The lowest BCUT2D eigenvalue weighted by Gasteiger charge is -1.96. The van der Waals surface area contributed by atoms with Crippen molar-refractivity contribution in [3.63, 3.8) is 0 Å². The average Bonchev–Trinajstić information content (AvgIpc) is 2.71. The van der Waals surface area contributed by atoms with Crippen LogP contribution in [-0.2, 0) is 19.0 Å². The molecule has 54 valence electrons. The van der Waals surface area contributed by atoms with Crippen molar-refractivity contribution < 1.29 is 19.0 Å². The molecule has 0 N–H and O–H groups in total. The Bertz CT molecular complexity index is 202. The highest BCUT2D eigenvalue weighted by molar-refractivity contribution is 5.78. The molecule has 0 aromatic carbocycles. The highest BCUT2D eigenvalue weighted by atomic mass is 16.7. The minimum atomic E-state index is -0.308. The van der Waals surface area contributed by atoms with Crippen LogP contribution in [0.4, 0.5) is 0 Å². The maximum absolute atomic E-state index is 10.8. The zero-order valence-electron chi connectivity index (χ0n) is 5.15. The zero-order valence-corrected chi connectivity index (χ0v) is 5.15. The lowest BCUT2D eigenvalue weighted by Crippen LogP contribution is -2.13. The van der Waals surface area contributed by atoms with Crippen LogP contribution in [0.25, 0.3) is 0 Å². The van der Waals surface area contributed by atoms with Gasteiger partial charge in [-0.15, -0.1) is 0 Å². The smallest absolute Gasteiger partial charge is 0.338 e. The second-order valence-electron chi connectivity index (χ2n) is 2.79. The number of carbonyl (C=O) groups is 1. The number of hydrogen-bond acceptors (Lipinski definition) is 4. The molecule has 3 aliphatic heterocycles. The lowest BCUT2D eigenvalue weighted by atomic mass is 10.2. The van der Waals surface area contributed by atoms with Crippen molar-refractivity contribution in [1.29, 1.82) is 0 Å². The summed E-state index contributed by atoms with van der Waals surface area (Å²) in [6.45, 7) is 0.417. The normalized spacial score (nSPS) is 55.8. The van der Waals surface area contributed by atoms with E-state index in [2.05, 4.69) is 0 Å². The molecule has 3 fully saturated rings. The predicted octanol–water partition coefficient (Wildman–Crippen LogP) is -0.922. The number of fused-ring (bicyclic) bond motifs is 3. The summed E-state index contributed by atoms with van der Waals surface area (Å²) in [6, 6.07) is 0. The van der Waals surface area contributed by atoms with Gasteiger partial charge in [-0.3, -0.25) is 0 Å². The van der Waals surface area contributed by atoms with Crippen molar-refractivity contribution in [1.82, 2.24) is 0 Å². The minimum absolute atomic E-state index is 0.0139. The van der Waals surface area contributed by atoms with Crippen molar-refractivity contribution in [3.05, 3.63) is 0 Å². The standard InChI is InChI=1S/C6H6O4/c7-6-5-4(10-5)3-2(9-3)1-8-6/h2-5H,1H2. The Morgan fingerprint density at radius 1 is 1.30 bits per heavy atom. The molecule has 0 radical (unpaired) electrons. The monoisotopic (exact) mass is 142 g/mol. The fourth-order valence-corrected chi connectivity index (χ4v) is 1.39. The van der Waals surface area contributed by atoms with Gasteiger partial charge in [-0.25, -0.2) is 4.79 Å². The van der Waals surface area contributed by atoms with Crippen LogP contribution >= 0.6 is 0 Å². The summed E-state index contributed by atoms with van der Waals surface area (Å²) in [5, 5.41) is 0. The molecule has 10 heavy (non-hydrogen) atoms. The van der Waals surface area contributed by atoms with Crippen molar-refractivity contribution >= 4 is 5.97 Å². The van der Waals surface area contributed by atoms with Gasteiger partial charge in [0.05, 0.1) is 0 Å². The van der Waals surface area contributed by atoms with Crippen LogP contribution in [0, 0.1) is 0 Å². The third kappa shape index (κ3) is 0.507. The third-order valence-electron chi connectivity index (χ3n) is 2.09. The van der Waals surface area contributed by atoms with Crippen LogP contribution in [-0.4, -0.2) is 37.0 Å². The molecule has 3 saturated heterocycles. The molecule has 0 saturated carbocycles. The molecule has 0 aromatic heterocycles. The van der Waals surface area contributed by atoms with Gasteiger partial charge in [0.1, 0.15) is 24.9 Å². The molecule has 0 spiro atoms. The SMILES string of the molecule is O=C1OCC2OC2C2OC12. The number of esters is 1. The molecule has 3 heterocycles. The molecule has 4 nitrogen and oxygen atoms in total. The number of hydrogen-bond donors (Lipinski definition) is 0. The summed E-state index contributed by atoms with van der Waals surface area (Å²) in [5.41, 5.74) is 0. The maximum atomic E-state index is 10.8. The van der Waals surface area contributed by atoms with Gasteiger partial charge in [-0.1, -0.05) is 0 Å². The highest BCUT2D eigenvalue weighted by Crippen LogP contribution is 2.41. The number of rotatable bonds is 0. The zero-order chi connectivity index (χ0) is 6.72. The van der Waals surface area contributed by atoms with Gasteiger partial charge in [0, 0.05) is 0 Å². The Labute approximate surface area is 57.0 Å². The van der Waals surface area contributed by atoms with Crippen LogP contribution in [0.1, 0.15) is 0 Å². The van der Waals surface area contributed by atoms with E-state index in [1.807, 2.05) is 0 Å². The largest absolute Gasteiger partial charge is 0.461 e. The summed E-state index contributed by atoms with van der Waals surface area (Å²) in [4.78, 5) is 10.8. The molecule has 0 aromatic rings. The van der Waals surface area contributed by atoms with Crippen molar-refractivity contribution in [2.45, 2.75) is 24.4 Å². The topological polar surface area (TPSA) is 51.4 Å². The molecule has 4 unspecified atom stereocenters. The van der Waals surface area contributed by atoms with E-state index >= 15 is 0 Å². The number of epoxide rings is 2. The first-order valence-corrected chi connectivity index (χ1v) is 3.34. The lowest BCUT2D eigenvalue weighted by molar-refractivity contribution is -0.145. The minimum Gasteiger partial charge on any atom is -0.461 e. The van der Waals surface area contributed by atoms with Crippen LogP contribution < -0.4 is 0 Å². The Morgan fingerprint density at radius 3 is 3.10 bits per heavy atom. The van der Waals surface area contributed by atoms with E-state index in [-0.39, 0.29) is 30.4 Å². The van der Waals surface area contributed by atoms with Gasteiger partial charge in [-0.05, 0) is 0 Å². The second-order valence-corrected chi connectivity index (χ2v) is 2.79. The van der Waals surface area contributed by atoms with Crippen LogP contribution in [0.15, 0.2) is 0 Å². The van der Waals surface area contributed by atoms with E-state index in [4.69, 9.17) is 14.2 Å². The first kappa shape index (κ1) is 5.09. The van der Waals surface area contributed by atoms with Crippen LogP contribution in [0.3, 0.4) is 0 Å². The van der Waals surface area contributed by atoms with E-state index in [1.165, 1.54) is 0 Å². The quantitative estimate of drug-likeness (QED) is 0.324. The van der Waals surface area contributed by atoms with Crippen molar-refractivity contribution in [2.24, 2.45) is 0 Å². The van der Waals surface area contributed by atoms with E-state index < -0.39 is 0 Å². The first-order chi connectivity index (χ1) is 4.86. The maximum Gasteiger partial charge on any atom is 0.338 e. The fourth-order valence-electron chi connectivity index (χ4n) is 1.39. The molecule has 0 amide bonds. The highest BCUT2D eigenvalue weighted by Gasteiger charge is 2.63. The molecular formula is C6H6O4. The van der Waals surface area contributed by atoms with Crippen molar-refractivity contribution in [2.75, 3.05) is 6.61 Å². The Kier molecular flexibility index (Phi) is 0.690. The van der Waals surface area contributed by atoms with Crippen molar-refractivity contribution in [3.8, 4) is 0 Å². The third-order valence-corrected chi connectivity index (χ3v) is 2.09. The Balaban J connectivity index is 1.86. The predicted molar refractivity (Wildman–Crippen MR) is 28.3 cm³/mol. The molecule has 3 rings (SSSR count). The average molecular weight is 142 g/mol. The van der Waals surface area contributed by atoms with Gasteiger partial charge in [0.2, 0.25) is 0 Å². The Hall–Kier alpha value is -0.610. The molecule has 0 aliphatic carbocycles. The van der Waals surface area contributed by atoms with E-state index in [9.17, 15) is 4.79 Å². The summed E-state index contributed by atoms with van der Waals surface area (Å²) < 4.78 is 15.0. The summed E-state index contributed by atoms with van der Waals surface area (Å²) >= 11 is 0. The van der Waals surface area contributed by atoms with E-state index in [1.54, 1.807) is 0 Å². The van der Waals surface area contributed by atoms with E-state index in [0.29, 0.717) is 6.61 Å². The number of carbonyl (C=O) groups excluding carboxylic acids is 1. The van der Waals surface area contributed by atoms with Gasteiger partial charge in [0.25, 0.3) is 0 Å². The van der Waals surface area contributed by atoms with Gasteiger partial charge >= 0.3 is 5.97 Å². The molecule has 4 heteroatoms. The summed E-state index contributed by atoms with van der Waals surface area (Å²) in [6.07, 6.45) is -0.0181. The fraction of sp³-hybridized carbons (Fsp3) is 0.833. The van der Waals surface area contributed by atoms with Crippen LogP contribution in [0.5, 0.6) is 0 Å². The van der Waals surface area contributed by atoms with E-state index in [0.717, 1.165) is 0 Å². The second kappa shape index (κ2) is 1.35. The summed E-state index contributed by atoms with van der Waals surface area (Å²) in [7, 11) is 0. The summed E-state index contributed by atoms with van der Waals surface area (Å²) in [5.74, 6) is -0.221.